The Morgan fingerprint density at radius 2 is 1.92 bits per heavy atom. The molecule has 0 aromatic carbocycles. The molecule has 1 atom stereocenters. The van der Waals surface area contributed by atoms with Gasteiger partial charge in [0.1, 0.15) is 5.82 Å². The van der Waals surface area contributed by atoms with E-state index in [9.17, 15) is 8.42 Å². The zero-order valence-electron chi connectivity index (χ0n) is 15.5. The number of rotatable bonds is 5. The molecule has 0 saturated carbocycles. The molecule has 0 spiro atoms. The van der Waals surface area contributed by atoms with Gasteiger partial charge in [0.25, 0.3) is 0 Å². The summed E-state index contributed by atoms with van der Waals surface area (Å²) >= 11 is 0. The van der Waals surface area contributed by atoms with Crippen molar-refractivity contribution in [2.24, 2.45) is 0 Å². The van der Waals surface area contributed by atoms with Crippen molar-refractivity contribution < 1.29 is 8.42 Å². The number of likely N-dealkylation sites (N-methyl/N-ethyl adjacent to an activating group) is 1. The molecule has 7 nitrogen and oxygen atoms in total. The van der Waals surface area contributed by atoms with Gasteiger partial charge in [0, 0.05) is 50.5 Å². The van der Waals surface area contributed by atoms with Crippen LogP contribution in [0.15, 0.2) is 6.07 Å². The molecule has 0 bridgehead atoms. The van der Waals surface area contributed by atoms with Crippen molar-refractivity contribution in [3.63, 3.8) is 0 Å². The van der Waals surface area contributed by atoms with Crippen LogP contribution in [0.25, 0.3) is 0 Å². The number of anilines is 2. The fourth-order valence-corrected chi connectivity index (χ4v) is 5.45. The van der Waals surface area contributed by atoms with Crippen molar-refractivity contribution in [1.82, 2.24) is 14.9 Å². The first kappa shape index (κ1) is 18.4. The van der Waals surface area contributed by atoms with Gasteiger partial charge in [-0.3, -0.25) is 0 Å². The van der Waals surface area contributed by atoms with E-state index < -0.39 is 9.84 Å². The van der Waals surface area contributed by atoms with Gasteiger partial charge in [-0.05, 0) is 26.8 Å². The average Bonchev–Trinajstić information content (AvgIpc) is 2.95. The van der Waals surface area contributed by atoms with E-state index in [0.717, 1.165) is 56.7 Å². The standard InChI is InChI=1S/C17H29N5O2S/c1-4-20-7-9-21(10-8-20)17-18-14(3)12-16(19-17)22(5-2)15-6-11-25(23,24)13-15/h12,15H,4-11,13H2,1-3H3. The fraction of sp³-hybridized carbons (Fsp3) is 0.765. The number of nitrogens with zero attached hydrogens (tertiary/aromatic N) is 5. The van der Waals surface area contributed by atoms with Crippen molar-refractivity contribution in [3.05, 3.63) is 11.8 Å². The minimum absolute atomic E-state index is 0.0223. The molecule has 2 fully saturated rings. The number of hydrogen-bond donors (Lipinski definition) is 0. The molecule has 0 N–H and O–H groups in total. The summed E-state index contributed by atoms with van der Waals surface area (Å²) in [5, 5.41) is 0. The van der Waals surface area contributed by atoms with Crippen molar-refractivity contribution in [3.8, 4) is 0 Å². The summed E-state index contributed by atoms with van der Waals surface area (Å²) < 4.78 is 23.7. The molecule has 0 amide bonds. The van der Waals surface area contributed by atoms with Gasteiger partial charge in [-0.15, -0.1) is 0 Å². The van der Waals surface area contributed by atoms with Crippen molar-refractivity contribution in [2.45, 2.75) is 33.2 Å². The molecule has 1 aromatic rings. The molecular weight excluding hydrogens is 338 g/mol. The smallest absolute Gasteiger partial charge is 0.227 e. The van der Waals surface area contributed by atoms with E-state index in [1.165, 1.54) is 0 Å². The molecule has 1 aromatic heterocycles. The SMILES string of the molecule is CCN1CCN(c2nc(C)cc(N(CC)C3CCS(=O)(=O)C3)n2)CC1. The first-order chi connectivity index (χ1) is 11.9. The zero-order chi connectivity index (χ0) is 18.0. The van der Waals surface area contributed by atoms with E-state index in [0.29, 0.717) is 6.42 Å². The van der Waals surface area contributed by atoms with E-state index in [1.54, 1.807) is 0 Å². The molecule has 3 rings (SSSR count). The van der Waals surface area contributed by atoms with E-state index >= 15 is 0 Å². The monoisotopic (exact) mass is 367 g/mol. The number of aryl methyl sites for hydroxylation is 1. The van der Waals surface area contributed by atoms with Crippen LogP contribution in [0.1, 0.15) is 26.0 Å². The maximum Gasteiger partial charge on any atom is 0.227 e. The average molecular weight is 368 g/mol. The Balaban J connectivity index is 1.81. The minimum atomic E-state index is -2.91. The number of hydrogen-bond acceptors (Lipinski definition) is 7. The van der Waals surface area contributed by atoms with Gasteiger partial charge >= 0.3 is 0 Å². The van der Waals surface area contributed by atoms with Crippen LogP contribution in [-0.4, -0.2) is 80.1 Å². The second-order valence-corrected chi connectivity index (χ2v) is 9.16. The van der Waals surface area contributed by atoms with Crippen LogP contribution >= 0.6 is 0 Å². The van der Waals surface area contributed by atoms with E-state index in [-0.39, 0.29) is 17.5 Å². The lowest BCUT2D eigenvalue weighted by Crippen LogP contribution is -2.47. The quantitative estimate of drug-likeness (QED) is 0.767. The summed E-state index contributed by atoms with van der Waals surface area (Å²) in [6, 6.07) is 1.99. The third-order valence-corrected chi connectivity index (χ3v) is 6.97. The largest absolute Gasteiger partial charge is 0.353 e. The van der Waals surface area contributed by atoms with Gasteiger partial charge in [0.2, 0.25) is 5.95 Å². The van der Waals surface area contributed by atoms with Gasteiger partial charge < -0.3 is 14.7 Å². The fourth-order valence-electron chi connectivity index (χ4n) is 3.72. The number of piperazine rings is 1. The summed E-state index contributed by atoms with van der Waals surface area (Å²) in [5.74, 6) is 2.13. The molecular formula is C17H29N5O2S. The Morgan fingerprint density at radius 3 is 2.48 bits per heavy atom. The third kappa shape index (κ3) is 4.23. The maximum atomic E-state index is 11.9. The van der Waals surface area contributed by atoms with Gasteiger partial charge in [-0.1, -0.05) is 6.92 Å². The van der Waals surface area contributed by atoms with Gasteiger partial charge in [0.05, 0.1) is 11.5 Å². The maximum absolute atomic E-state index is 11.9. The lowest BCUT2D eigenvalue weighted by molar-refractivity contribution is 0.270. The molecule has 140 valence electrons. The summed E-state index contributed by atoms with van der Waals surface area (Å²) in [6.07, 6.45) is 0.684. The molecule has 3 heterocycles. The van der Waals surface area contributed by atoms with Gasteiger partial charge in [-0.2, -0.15) is 4.98 Å². The molecule has 2 saturated heterocycles. The van der Waals surface area contributed by atoms with Crippen LogP contribution in [0.3, 0.4) is 0 Å². The van der Waals surface area contributed by atoms with Crippen LogP contribution in [0.5, 0.6) is 0 Å². The Morgan fingerprint density at radius 1 is 1.20 bits per heavy atom. The topological polar surface area (TPSA) is 69.6 Å². The minimum Gasteiger partial charge on any atom is -0.353 e. The third-order valence-electron chi connectivity index (χ3n) is 5.22. The van der Waals surface area contributed by atoms with Crippen LogP contribution in [0.4, 0.5) is 11.8 Å². The normalized spacial score (nSPS) is 23.8. The highest BCUT2D eigenvalue weighted by Crippen LogP contribution is 2.25. The molecule has 0 radical (unpaired) electrons. The Hall–Kier alpha value is -1.41. The van der Waals surface area contributed by atoms with Crippen LogP contribution < -0.4 is 9.80 Å². The van der Waals surface area contributed by atoms with Crippen LogP contribution in [-0.2, 0) is 9.84 Å². The van der Waals surface area contributed by atoms with Crippen molar-refractivity contribution >= 4 is 21.6 Å². The van der Waals surface area contributed by atoms with Crippen molar-refractivity contribution in [2.75, 3.05) is 60.6 Å². The van der Waals surface area contributed by atoms with E-state index in [4.69, 9.17) is 4.98 Å². The Kier molecular flexibility index (Phi) is 5.48. The van der Waals surface area contributed by atoms with Gasteiger partial charge in [0.15, 0.2) is 9.84 Å². The molecule has 8 heteroatoms. The summed E-state index contributed by atoms with van der Waals surface area (Å²) in [7, 11) is -2.91. The number of aromatic nitrogens is 2. The highest BCUT2D eigenvalue weighted by molar-refractivity contribution is 7.91. The van der Waals surface area contributed by atoms with E-state index in [1.807, 2.05) is 13.0 Å². The first-order valence-electron chi connectivity index (χ1n) is 9.22. The zero-order valence-corrected chi connectivity index (χ0v) is 16.3. The predicted octanol–water partition coefficient (Wildman–Crippen LogP) is 0.940. The Bertz CT molecular complexity index is 701. The summed E-state index contributed by atoms with van der Waals surface area (Å²) in [5.41, 5.74) is 0.928. The first-order valence-corrected chi connectivity index (χ1v) is 11.0. The second kappa shape index (κ2) is 7.45. The summed E-state index contributed by atoms with van der Waals surface area (Å²) in [6.45, 7) is 12.0. The van der Waals surface area contributed by atoms with Crippen LogP contribution in [0.2, 0.25) is 0 Å². The number of sulfone groups is 1. The van der Waals surface area contributed by atoms with Crippen molar-refractivity contribution in [1.29, 1.82) is 0 Å². The highest BCUT2D eigenvalue weighted by Gasteiger charge is 2.32. The Labute approximate surface area is 151 Å². The van der Waals surface area contributed by atoms with Gasteiger partial charge in [-0.25, -0.2) is 13.4 Å². The lowest BCUT2D eigenvalue weighted by Gasteiger charge is -2.35. The highest BCUT2D eigenvalue weighted by atomic mass is 32.2. The second-order valence-electron chi connectivity index (χ2n) is 6.93. The molecule has 1 unspecified atom stereocenters. The lowest BCUT2D eigenvalue weighted by atomic mass is 10.2. The van der Waals surface area contributed by atoms with Crippen LogP contribution in [0, 0.1) is 6.92 Å². The van der Waals surface area contributed by atoms with E-state index in [2.05, 4.69) is 33.5 Å². The molecule has 2 aliphatic heterocycles. The molecule has 0 aliphatic carbocycles. The molecule has 25 heavy (non-hydrogen) atoms. The molecule has 2 aliphatic rings. The summed E-state index contributed by atoms with van der Waals surface area (Å²) in [4.78, 5) is 16.2. The predicted molar refractivity (Wildman–Crippen MR) is 101 cm³/mol.